The summed E-state index contributed by atoms with van der Waals surface area (Å²) in [6, 6.07) is 15.6. The molecule has 7 heteroatoms. The van der Waals surface area contributed by atoms with Crippen molar-refractivity contribution in [2.75, 3.05) is 5.32 Å². The van der Waals surface area contributed by atoms with Crippen LogP contribution >= 0.6 is 11.3 Å². The van der Waals surface area contributed by atoms with Crippen molar-refractivity contribution < 1.29 is 14.3 Å². The lowest BCUT2D eigenvalue weighted by atomic mass is 10.0. The minimum absolute atomic E-state index is 0.0606. The third-order valence-electron chi connectivity index (χ3n) is 5.07. The summed E-state index contributed by atoms with van der Waals surface area (Å²) in [6.07, 6.45) is -0.653. The Morgan fingerprint density at radius 3 is 2.38 bits per heavy atom. The van der Waals surface area contributed by atoms with Crippen molar-refractivity contribution in [3.05, 3.63) is 65.0 Å². The lowest BCUT2D eigenvalue weighted by molar-refractivity contribution is -0.122. The van der Waals surface area contributed by atoms with Gasteiger partial charge >= 0.3 is 0 Å². The Balaban J connectivity index is 1.61. The summed E-state index contributed by atoms with van der Waals surface area (Å²) in [5.41, 5.74) is 3.90. The molecule has 2 N–H and O–H groups in total. The van der Waals surface area contributed by atoms with E-state index in [0.29, 0.717) is 16.8 Å². The van der Waals surface area contributed by atoms with E-state index in [-0.39, 0.29) is 17.9 Å². The second kappa shape index (κ2) is 10.4. The molecule has 2 atom stereocenters. The van der Waals surface area contributed by atoms with Crippen LogP contribution in [-0.2, 0) is 9.59 Å². The van der Waals surface area contributed by atoms with Crippen LogP contribution in [0.4, 0.5) is 5.13 Å². The average Bonchev–Trinajstić information content (AvgIpc) is 3.22. The predicted octanol–water partition coefficient (Wildman–Crippen LogP) is 5.54. The van der Waals surface area contributed by atoms with E-state index < -0.39 is 6.10 Å². The first kappa shape index (κ1) is 23.5. The van der Waals surface area contributed by atoms with E-state index >= 15 is 0 Å². The highest BCUT2D eigenvalue weighted by atomic mass is 32.1. The van der Waals surface area contributed by atoms with E-state index in [1.165, 1.54) is 18.3 Å². The minimum atomic E-state index is -0.653. The second-order valence-electron chi connectivity index (χ2n) is 8.06. The summed E-state index contributed by atoms with van der Waals surface area (Å²) in [6.45, 7) is 9.40. The molecule has 1 heterocycles. The Bertz CT molecular complexity index is 1080. The average molecular weight is 452 g/mol. The minimum Gasteiger partial charge on any atom is -0.481 e. The van der Waals surface area contributed by atoms with Gasteiger partial charge in [-0.2, -0.15) is 0 Å². The van der Waals surface area contributed by atoms with Gasteiger partial charge < -0.3 is 10.1 Å². The lowest BCUT2D eigenvalue weighted by Gasteiger charge is -2.15. The van der Waals surface area contributed by atoms with Crippen LogP contribution in [0.25, 0.3) is 11.3 Å². The maximum atomic E-state index is 12.6. The third kappa shape index (κ3) is 6.17. The van der Waals surface area contributed by atoms with Gasteiger partial charge in [-0.15, -0.1) is 11.3 Å². The Labute approximate surface area is 193 Å². The molecule has 0 bridgehead atoms. The Kier molecular flexibility index (Phi) is 7.64. The van der Waals surface area contributed by atoms with Gasteiger partial charge in [0, 0.05) is 17.9 Å². The van der Waals surface area contributed by atoms with Gasteiger partial charge in [-0.1, -0.05) is 50.2 Å². The molecular weight excluding hydrogens is 422 g/mol. The molecule has 6 nitrogen and oxygen atoms in total. The number of benzene rings is 2. The molecule has 0 aliphatic rings. The van der Waals surface area contributed by atoms with Crippen molar-refractivity contribution in [3.63, 3.8) is 0 Å². The summed E-state index contributed by atoms with van der Waals surface area (Å²) in [4.78, 5) is 28.4. The maximum Gasteiger partial charge on any atom is 0.266 e. The molecule has 3 aromatic rings. The molecule has 2 aromatic carbocycles. The monoisotopic (exact) mass is 451 g/mol. The first-order valence-electron chi connectivity index (χ1n) is 10.6. The number of nitrogens with one attached hydrogen (secondary N) is 2. The molecule has 0 aliphatic heterocycles. The highest BCUT2D eigenvalue weighted by molar-refractivity contribution is 7.14. The highest BCUT2D eigenvalue weighted by Crippen LogP contribution is 2.27. The Hall–Kier alpha value is -3.19. The van der Waals surface area contributed by atoms with E-state index in [9.17, 15) is 9.59 Å². The van der Waals surface area contributed by atoms with Crippen LogP contribution < -0.4 is 15.4 Å². The molecule has 0 saturated heterocycles. The summed E-state index contributed by atoms with van der Waals surface area (Å²) in [5.74, 6) is 0.749. The Morgan fingerprint density at radius 1 is 1.00 bits per heavy atom. The molecule has 3 rings (SSSR count). The number of aromatic nitrogens is 1. The number of hydrogen-bond acceptors (Lipinski definition) is 5. The molecule has 0 fully saturated rings. The largest absolute Gasteiger partial charge is 0.481 e. The topological polar surface area (TPSA) is 80.3 Å². The molecule has 1 aromatic heterocycles. The zero-order valence-corrected chi connectivity index (χ0v) is 19.8. The quantitative estimate of drug-likeness (QED) is 0.471. The van der Waals surface area contributed by atoms with Gasteiger partial charge in [-0.3, -0.25) is 14.9 Å². The van der Waals surface area contributed by atoms with Gasteiger partial charge in [-0.05, 0) is 43.0 Å². The van der Waals surface area contributed by atoms with E-state index in [4.69, 9.17) is 4.74 Å². The number of rotatable bonds is 8. The highest BCUT2D eigenvalue weighted by Gasteiger charge is 2.17. The SMILES string of the molecule is CC(=O)N[C@@H](C)c1ccc(-c2csc(NC(=O)[C@H](C)Oc3cccc(C(C)C)c3)n2)cc1. The number of carbonyl (C=O) groups excluding carboxylic acids is 2. The van der Waals surface area contributed by atoms with E-state index in [1.807, 2.05) is 60.8 Å². The Morgan fingerprint density at radius 2 is 1.72 bits per heavy atom. The van der Waals surface area contributed by atoms with E-state index in [0.717, 1.165) is 22.4 Å². The summed E-state index contributed by atoms with van der Waals surface area (Å²) >= 11 is 1.37. The van der Waals surface area contributed by atoms with Crippen LogP contribution in [0.15, 0.2) is 53.9 Å². The molecule has 0 saturated carbocycles. The normalized spacial score (nSPS) is 12.8. The van der Waals surface area contributed by atoms with Crippen molar-refractivity contribution in [1.29, 1.82) is 0 Å². The number of hydrogen-bond donors (Lipinski definition) is 2. The lowest BCUT2D eigenvalue weighted by Crippen LogP contribution is -2.30. The van der Waals surface area contributed by atoms with Gasteiger partial charge in [0.05, 0.1) is 11.7 Å². The van der Waals surface area contributed by atoms with Gasteiger partial charge in [0.25, 0.3) is 5.91 Å². The molecule has 0 radical (unpaired) electrons. The zero-order valence-electron chi connectivity index (χ0n) is 19.0. The number of carbonyl (C=O) groups is 2. The molecular formula is C25H29N3O3S. The predicted molar refractivity (Wildman–Crippen MR) is 129 cm³/mol. The third-order valence-corrected chi connectivity index (χ3v) is 5.83. The molecule has 0 aliphatic carbocycles. The zero-order chi connectivity index (χ0) is 23.3. The summed E-state index contributed by atoms with van der Waals surface area (Å²) < 4.78 is 5.83. The maximum absolute atomic E-state index is 12.6. The molecule has 168 valence electrons. The smallest absolute Gasteiger partial charge is 0.266 e. The van der Waals surface area contributed by atoms with Gasteiger partial charge in [0.15, 0.2) is 11.2 Å². The first-order chi connectivity index (χ1) is 15.2. The molecule has 2 amide bonds. The van der Waals surface area contributed by atoms with Crippen LogP contribution in [0.3, 0.4) is 0 Å². The van der Waals surface area contributed by atoms with Crippen molar-refractivity contribution in [1.82, 2.24) is 10.3 Å². The van der Waals surface area contributed by atoms with Gasteiger partial charge in [0.2, 0.25) is 5.91 Å². The van der Waals surface area contributed by atoms with Crippen LogP contribution in [0.2, 0.25) is 0 Å². The molecule has 0 spiro atoms. The van der Waals surface area contributed by atoms with E-state index in [2.05, 4.69) is 29.5 Å². The van der Waals surface area contributed by atoms with Crippen LogP contribution in [-0.4, -0.2) is 22.9 Å². The van der Waals surface area contributed by atoms with Crippen LogP contribution in [0, 0.1) is 0 Å². The van der Waals surface area contributed by atoms with Crippen molar-refractivity contribution >= 4 is 28.3 Å². The fraction of sp³-hybridized carbons (Fsp3) is 0.320. The van der Waals surface area contributed by atoms with Gasteiger partial charge in [-0.25, -0.2) is 4.98 Å². The fourth-order valence-corrected chi connectivity index (χ4v) is 3.93. The number of anilines is 1. The number of ether oxygens (including phenoxy) is 1. The summed E-state index contributed by atoms with van der Waals surface area (Å²) in [7, 11) is 0. The van der Waals surface area contributed by atoms with Crippen molar-refractivity contribution in [3.8, 4) is 17.0 Å². The van der Waals surface area contributed by atoms with Crippen LogP contribution in [0.1, 0.15) is 57.7 Å². The number of thiazole rings is 1. The van der Waals surface area contributed by atoms with Gasteiger partial charge in [0.1, 0.15) is 5.75 Å². The van der Waals surface area contributed by atoms with Crippen LogP contribution in [0.5, 0.6) is 5.75 Å². The number of amides is 2. The summed E-state index contributed by atoms with van der Waals surface area (Å²) in [5, 5.41) is 8.13. The molecule has 32 heavy (non-hydrogen) atoms. The molecule has 0 unspecified atom stereocenters. The van der Waals surface area contributed by atoms with E-state index in [1.54, 1.807) is 6.92 Å². The fourth-order valence-electron chi connectivity index (χ4n) is 3.21. The second-order valence-corrected chi connectivity index (χ2v) is 8.92. The standard InChI is InChI=1S/C25H29N3O3S/c1-15(2)21-7-6-8-22(13-21)31-17(4)24(30)28-25-27-23(14-32-25)20-11-9-19(10-12-20)16(3)26-18(5)29/h6-17H,1-5H3,(H,26,29)(H,27,28,30)/t16-,17-/m0/s1. The number of nitrogens with zero attached hydrogens (tertiary/aromatic N) is 1. The first-order valence-corrected chi connectivity index (χ1v) is 11.5. The van der Waals surface area contributed by atoms with Crippen molar-refractivity contribution in [2.24, 2.45) is 0 Å². The van der Waals surface area contributed by atoms with Crippen molar-refractivity contribution in [2.45, 2.75) is 52.7 Å².